The molecule has 1 heterocycles. The third-order valence-electron chi connectivity index (χ3n) is 10.9. The Bertz CT molecular complexity index is 814. The first-order chi connectivity index (χ1) is 13.3. The second-order valence-corrected chi connectivity index (χ2v) is 12.2. The fourth-order valence-electron chi connectivity index (χ4n) is 7.85. The second-order valence-electron chi connectivity index (χ2n) is 12.2. The number of ether oxygens (including phenoxy) is 1. The van der Waals surface area contributed by atoms with E-state index in [1.165, 1.54) is 36.8 Å². The minimum absolute atomic E-state index is 0.0720. The normalized spacial score (nSPS) is 46.7. The van der Waals surface area contributed by atoms with Crippen LogP contribution in [-0.4, -0.2) is 11.4 Å². The van der Waals surface area contributed by atoms with Crippen LogP contribution in [0.4, 0.5) is 0 Å². The lowest BCUT2D eigenvalue weighted by Gasteiger charge is -2.69. The van der Waals surface area contributed by atoms with Gasteiger partial charge in [0.15, 0.2) is 5.78 Å². The summed E-state index contributed by atoms with van der Waals surface area (Å²) >= 11 is 0. The Hall–Kier alpha value is -1.05. The van der Waals surface area contributed by atoms with E-state index < -0.39 is 0 Å². The maximum absolute atomic E-state index is 13.1. The molecule has 0 saturated heterocycles. The zero-order valence-corrected chi connectivity index (χ0v) is 20.3. The van der Waals surface area contributed by atoms with Gasteiger partial charge in [-0.3, -0.25) is 4.79 Å². The van der Waals surface area contributed by atoms with Crippen LogP contribution >= 0.6 is 0 Å². The van der Waals surface area contributed by atoms with E-state index in [9.17, 15) is 4.79 Å². The fraction of sp³-hybridized carbons (Fsp3) is 0.815. The van der Waals surface area contributed by atoms with Crippen molar-refractivity contribution in [3.63, 3.8) is 0 Å². The molecule has 162 valence electrons. The highest BCUT2D eigenvalue weighted by molar-refractivity contribution is 5.99. The van der Waals surface area contributed by atoms with Gasteiger partial charge in [0.25, 0.3) is 0 Å². The Morgan fingerprint density at radius 1 is 1.07 bits per heavy atom. The van der Waals surface area contributed by atoms with Crippen LogP contribution < -0.4 is 0 Å². The van der Waals surface area contributed by atoms with Gasteiger partial charge in [0.1, 0.15) is 11.4 Å². The molecule has 0 unspecified atom stereocenters. The monoisotopic (exact) mass is 398 g/mol. The Labute approximate surface area is 178 Å². The van der Waals surface area contributed by atoms with Crippen molar-refractivity contribution in [3.8, 4) is 0 Å². The van der Waals surface area contributed by atoms with Gasteiger partial charge in [0.2, 0.25) is 0 Å². The molecule has 3 aliphatic carbocycles. The Morgan fingerprint density at radius 3 is 2.34 bits per heavy atom. The largest absolute Gasteiger partial charge is 0.486 e. The minimum Gasteiger partial charge on any atom is -0.486 e. The summed E-state index contributed by atoms with van der Waals surface area (Å²) in [6, 6.07) is 0. The fourth-order valence-corrected chi connectivity index (χ4v) is 7.85. The molecule has 2 heteroatoms. The summed E-state index contributed by atoms with van der Waals surface area (Å²) in [6.45, 7) is 21.4. The SMILES string of the molecule is CC[C@@]1(C)[C@@H]2CC(C)(C)[C@@]3(C)OC4=C(C[C@@H]3[C@@]2(C)CC[C@@H]1C)C(=O)CC(C)=C4C. The molecule has 0 radical (unpaired) electrons. The molecule has 0 amide bonds. The Balaban J connectivity index is 1.88. The highest BCUT2D eigenvalue weighted by Gasteiger charge is 2.68. The lowest BCUT2D eigenvalue weighted by Crippen LogP contribution is -2.67. The van der Waals surface area contributed by atoms with Crippen LogP contribution in [0.1, 0.15) is 101 Å². The summed E-state index contributed by atoms with van der Waals surface area (Å²) in [5, 5.41) is 0. The van der Waals surface area contributed by atoms with Gasteiger partial charge in [0, 0.05) is 23.3 Å². The van der Waals surface area contributed by atoms with E-state index in [4.69, 9.17) is 4.74 Å². The topological polar surface area (TPSA) is 26.3 Å². The lowest BCUT2D eigenvalue weighted by molar-refractivity contribution is -0.249. The van der Waals surface area contributed by atoms with E-state index in [2.05, 4.69) is 62.3 Å². The second kappa shape index (κ2) is 6.24. The number of carbonyl (C=O) groups excluding carboxylic acids is 1. The molecule has 2 saturated carbocycles. The van der Waals surface area contributed by atoms with Crippen LogP contribution in [0, 0.1) is 34.0 Å². The Kier molecular flexibility index (Phi) is 4.56. The van der Waals surface area contributed by atoms with Gasteiger partial charge in [-0.2, -0.15) is 0 Å². The standard InChI is InChI=1S/C27H42O2/c1-10-25(7)17(3)11-12-26(8)21-14-19-20(28)13-16(2)18(4)23(19)29-27(21,9)24(5,6)15-22(25)26/h17,21-22H,10-15H2,1-9H3/t17-,21+,22-,25+,26+,27-/m0/s1. The predicted molar refractivity (Wildman–Crippen MR) is 119 cm³/mol. The van der Waals surface area contributed by atoms with E-state index in [0.717, 1.165) is 23.7 Å². The van der Waals surface area contributed by atoms with E-state index >= 15 is 0 Å². The molecule has 0 bridgehead atoms. The number of hydrogen-bond acceptors (Lipinski definition) is 2. The molecular formula is C27H42O2. The van der Waals surface area contributed by atoms with Crippen molar-refractivity contribution in [2.75, 3.05) is 0 Å². The molecule has 4 rings (SSSR count). The first-order valence-corrected chi connectivity index (χ1v) is 11.9. The minimum atomic E-state index is -0.231. The smallest absolute Gasteiger partial charge is 0.166 e. The van der Waals surface area contributed by atoms with Crippen molar-refractivity contribution in [1.82, 2.24) is 0 Å². The summed E-state index contributed by atoms with van der Waals surface area (Å²) in [5.41, 5.74) is 3.81. The quantitative estimate of drug-likeness (QED) is 0.465. The van der Waals surface area contributed by atoms with Crippen molar-refractivity contribution in [2.24, 2.45) is 34.0 Å². The molecule has 0 spiro atoms. The van der Waals surface area contributed by atoms with Crippen LogP contribution in [-0.2, 0) is 9.53 Å². The number of carbonyl (C=O) groups is 1. The van der Waals surface area contributed by atoms with E-state index in [0.29, 0.717) is 29.5 Å². The van der Waals surface area contributed by atoms with Gasteiger partial charge in [-0.05, 0) is 74.7 Å². The first kappa shape index (κ1) is 21.2. The molecule has 2 nitrogen and oxygen atoms in total. The van der Waals surface area contributed by atoms with Crippen LogP contribution in [0.25, 0.3) is 0 Å². The molecule has 0 aromatic carbocycles. The molecule has 0 aromatic rings. The van der Waals surface area contributed by atoms with Crippen molar-refractivity contribution in [1.29, 1.82) is 0 Å². The molecule has 2 fully saturated rings. The zero-order chi connectivity index (χ0) is 21.6. The van der Waals surface area contributed by atoms with Gasteiger partial charge < -0.3 is 4.74 Å². The summed E-state index contributed by atoms with van der Waals surface area (Å²) < 4.78 is 6.99. The summed E-state index contributed by atoms with van der Waals surface area (Å²) in [4.78, 5) is 13.1. The van der Waals surface area contributed by atoms with E-state index in [1.807, 2.05) is 0 Å². The molecule has 4 aliphatic rings. The first-order valence-electron chi connectivity index (χ1n) is 11.9. The van der Waals surface area contributed by atoms with Crippen LogP contribution in [0.5, 0.6) is 0 Å². The number of allylic oxidation sites excluding steroid dienone is 3. The third kappa shape index (κ3) is 2.56. The summed E-state index contributed by atoms with van der Waals surface area (Å²) in [5.74, 6) is 3.07. The van der Waals surface area contributed by atoms with E-state index in [-0.39, 0.29) is 16.4 Å². The maximum Gasteiger partial charge on any atom is 0.166 e. The molecule has 0 N–H and O–H groups in total. The lowest BCUT2D eigenvalue weighted by atomic mass is 9.38. The van der Waals surface area contributed by atoms with Crippen LogP contribution in [0.2, 0.25) is 0 Å². The van der Waals surface area contributed by atoms with Gasteiger partial charge in [-0.25, -0.2) is 0 Å². The number of rotatable bonds is 1. The highest BCUT2D eigenvalue weighted by atomic mass is 16.5. The molecular weight excluding hydrogens is 356 g/mol. The maximum atomic E-state index is 13.1. The number of ketones is 1. The van der Waals surface area contributed by atoms with E-state index in [1.54, 1.807) is 0 Å². The van der Waals surface area contributed by atoms with Gasteiger partial charge in [0.05, 0.1) is 0 Å². The highest BCUT2D eigenvalue weighted by Crippen LogP contribution is 2.71. The number of hydrogen-bond donors (Lipinski definition) is 0. The van der Waals surface area contributed by atoms with Crippen molar-refractivity contribution < 1.29 is 9.53 Å². The summed E-state index contributed by atoms with van der Waals surface area (Å²) in [6.07, 6.45) is 6.48. The number of fused-ring (bicyclic) bond motifs is 3. The average Bonchev–Trinajstić information content (AvgIpc) is 2.65. The van der Waals surface area contributed by atoms with Crippen molar-refractivity contribution >= 4 is 5.78 Å². The van der Waals surface area contributed by atoms with Gasteiger partial charge in [-0.1, -0.05) is 53.5 Å². The Morgan fingerprint density at radius 2 is 1.72 bits per heavy atom. The number of Topliss-reactive ketones (excluding diaryl/α,β-unsaturated/α-hetero) is 1. The zero-order valence-electron chi connectivity index (χ0n) is 20.3. The molecule has 29 heavy (non-hydrogen) atoms. The molecule has 1 aliphatic heterocycles. The predicted octanol–water partition coefficient (Wildman–Crippen LogP) is 7.24. The summed E-state index contributed by atoms with van der Waals surface area (Å²) in [7, 11) is 0. The molecule has 0 aromatic heterocycles. The van der Waals surface area contributed by atoms with Crippen LogP contribution in [0.3, 0.4) is 0 Å². The average molecular weight is 399 g/mol. The third-order valence-corrected chi connectivity index (χ3v) is 10.9. The van der Waals surface area contributed by atoms with Crippen LogP contribution in [0.15, 0.2) is 22.5 Å². The molecule has 6 atom stereocenters. The van der Waals surface area contributed by atoms with Gasteiger partial charge in [-0.15, -0.1) is 0 Å². The van der Waals surface area contributed by atoms with Gasteiger partial charge >= 0.3 is 0 Å². The van der Waals surface area contributed by atoms with Crippen molar-refractivity contribution in [3.05, 3.63) is 22.5 Å². The van der Waals surface area contributed by atoms with Crippen molar-refractivity contribution in [2.45, 2.75) is 106 Å².